The van der Waals surface area contributed by atoms with Crippen molar-refractivity contribution in [3.05, 3.63) is 223 Å². The van der Waals surface area contributed by atoms with Gasteiger partial charge >= 0.3 is 0 Å². The summed E-state index contributed by atoms with van der Waals surface area (Å²) in [7, 11) is 0. The highest BCUT2D eigenvalue weighted by molar-refractivity contribution is 6.16. The third kappa shape index (κ3) is 6.37. The molecule has 0 saturated heterocycles. The van der Waals surface area contributed by atoms with Crippen LogP contribution < -0.4 is 0 Å². The molecule has 0 fully saturated rings. The van der Waals surface area contributed by atoms with Crippen molar-refractivity contribution in [3.8, 4) is 67.8 Å². The molecule has 5 heteroatoms. The quantitative estimate of drug-likeness (QED) is 0.161. The molecule has 5 nitrogen and oxygen atoms in total. The van der Waals surface area contributed by atoms with Crippen LogP contribution in [0.1, 0.15) is 11.1 Å². The van der Waals surface area contributed by atoms with E-state index in [2.05, 4.69) is 235 Å². The lowest BCUT2D eigenvalue weighted by atomic mass is 9.97. The van der Waals surface area contributed by atoms with Gasteiger partial charge in [0, 0.05) is 49.6 Å². The fourth-order valence-electron chi connectivity index (χ4n) is 9.50. The Morgan fingerprint density at radius 3 is 1.45 bits per heavy atom. The highest BCUT2D eigenvalue weighted by atomic mass is 15.0. The first-order valence-electron chi connectivity index (χ1n) is 21.8. The molecular weight excluding hydrogens is 779 g/mol. The van der Waals surface area contributed by atoms with Crippen LogP contribution >= 0.6 is 0 Å². The van der Waals surface area contributed by atoms with Gasteiger partial charge in [0.05, 0.1) is 22.1 Å². The van der Waals surface area contributed by atoms with E-state index in [4.69, 9.17) is 15.0 Å². The highest BCUT2D eigenvalue weighted by Gasteiger charge is 2.19. The lowest BCUT2D eigenvalue weighted by Gasteiger charge is -2.12. The minimum absolute atomic E-state index is 0.639. The molecule has 0 spiro atoms. The van der Waals surface area contributed by atoms with E-state index in [0.717, 1.165) is 61.4 Å². The van der Waals surface area contributed by atoms with Crippen LogP contribution in [0.2, 0.25) is 0 Å². The third-order valence-electron chi connectivity index (χ3n) is 12.5. The van der Waals surface area contributed by atoms with Crippen LogP contribution in [0.15, 0.2) is 212 Å². The molecule has 12 rings (SSSR count). The number of nitrogens with zero attached hydrogens (tertiary/aromatic N) is 5. The van der Waals surface area contributed by atoms with Gasteiger partial charge in [-0.25, -0.2) is 15.0 Å². The van der Waals surface area contributed by atoms with Gasteiger partial charge in [0.25, 0.3) is 0 Å². The Morgan fingerprint density at radius 2 is 0.781 bits per heavy atom. The maximum absolute atomic E-state index is 5.10. The van der Waals surface area contributed by atoms with Crippen molar-refractivity contribution >= 4 is 43.6 Å². The Balaban J connectivity index is 0.957. The van der Waals surface area contributed by atoms with Gasteiger partial charge in [0.2, 0.25) is 0 Å². The van der Waals surface area contributed by atoms with Gasteiger partial charge in [-0.1, -0.05) is 157 Å². The summed E-state index contributed by atoms with van der Waals surface area (Å²) in [5.41, 5.74) is 16.7. The lowest BCUT2D eigenvalue weighted by Crippen LogP contribution is -2.00. The number of para-hydroxylation sites is 3. The first kappa shape index (κ1) is 37.4. The van der Waals surface area contributed by atoms with Gasteiger partial charge in [-0.15, -0.1) is 0 Å². The summed E-state index contributed by atoms with van der Waals surface area (Å²) in [6.07, 6.45) is 0. The number of hydrogen-bond acceptors (Lipinski definition) is 3. The molecule has 0 saturated carbocycles. The van der Waals surface area contributed by atoms with Crippen LogP contribution in [0, 0.1) is 13.8 Å². The van der Waals surface area contributed by atoms with Crippen LogP contribution in [0.3, 0.4) is 0 Å². The number of benzene rings is 9. The molecule has 0 unspecified atom stereocenters. The smallest absolute Gasteiger partial charge is 0.164 e. The second-order valence-electron chi connectivity index (χ2n) is 16.6. The second-order valence-corrected chi connectivity index (χ2v) is 16.6. The van der Waals surface area contributed by atoms with Gasteiger partial charge < -0.3 is 9.13 Å². The van der Waals surface area contributed by atoms with E-state index in [1.54, 1.807) is 0 Å². The minimum atomic E-state index is 0.639. The van der Waals surface area contributed by atoms with Crippen LogP contribution in [0.4, 0.5) is 0 Å². The molecule has 0 amide bonds. The van der Waals surface area contributed by atoms with Crippen molar-refractivity contribution in [2.24, 2.45) is 0 Å². The zero-order valence-corrected chi connectivity index (χ0v) is 35.4. The summed E-state index contributed by atoms with van der Waals surface area (Å²) in [6.45, 7) is 4.19. The molecule has 302 valence electrons. The molecule has 12 aromatic rings. The molecule has 0 aliphatic rings. The summed E-state index contributed by atoms with van der Waals surface area (Å²) in [6, 6.07) is 75.9. The molecule has 0 aliphatic heterocycles. The lowest BCUT2D eigenvalue weighted by molar-refractivity contribution is 1.07. The normalized spacial score (nSPS) is 11.6. The van der Waals surface area contributed by atoms with Crippen molar-refractivity contribution in [2.45, 2.75) is 13.8 Å². The van der Waals surface area contributed by atoms with E-state index < -0.39 is 0 Å². The predicted octanol–water partition coefficient (Wildman–Crippen LogP) is 15.0. The van der Waals surface area contributed by atoms with Crippen molar-refractivity contribution in [1.29, 1.82) is 0 Å². The first-order chi connectivity index (χ1) is 31.5. The average molecular weight is 820 g/mol. The first-order valence-corrected chi connectivity index (χ1v) is 21.8. The zero-order valence-electron chi connectivity index (χ0n) is 35.4. The van der Waals surface area contributed by atoms with E-state index in [-0.39, 0.29) is 0 Å². The Labute approximate surface area is 371 Å². The topological polar surface area (TPSA) is 48.5 Å². The summed E-state index contributed by atoms with van der Waals surface area (Å²) in [4.78, 5) is 15.2. The molecule has 0 bridgehead atoms. The standard InChI is InChI=1S/C59H41N5/c1-38-14-10-17-43(34-38)57-60-58(44-18-11-15-39(2)35-44)62-59(61-57)45-19-12-16-42(36-45)48-24-13-27-54-56(48)51-23-7-9-26-53(51)63(54)47-31-28-40(29-32-47)41-30-33-50-49-22-6-8-25-52(49)64(55(50)37-41)46-20-4-3-5-21-46/h3-37H,1-2H3. The monoisotopic (exact) mass is 819 g/mol. The molecule has 0 N–H and O–H groups in total. The summed E-state index contributed by atoms with van der Waals surface area (Å²) in [5.74, 6) is 1.95. The maximum Gasteiger partial charge on any atom is 0.164 e. The van der Waals surface area contributed by atoms with Crippen LogP contribution in [-0.4, -0.2) is 24.1 Å². The molecule has 3 heterocycles. The Hall–Kier alpha value is -8.41. The fourth-order valence-corrected chi connectivity index (χ4v) is 9.50. The van der Waals surface area contributed by atoms with Crippen molar-refractivity contribution in [2.75, 3.05) is 0 Å². The highest BCUT2D eigenvalue weighted by Crippen LogP contribution is 2.40. The van der Waals surface area contributed by atoms with E-state index in [1.165, 1.54) is 43.7 Å². The van der Waals surface area contributed by atoms with E-state index in [0.29, 0.717) is 17.5 Å². The summed E-state index contributed by atoms with van der Waals surface area (Å²) < 4.78 is 4.77. The number of aromatic nitrogens is 5. The molecular formula is C59H41N5. The van der Waals surface area contributed by atoms with Gasteiger partial charge in [0.1, 0.15) is 0 Å². The number of rotatable bonds is 7. The van der Waals surface area contributed by atoms with Gasteiger partial charge in [-0.05, 0) is 103 Å². The Bertz CT molecular complexity index is 3680. The average Bonchev–Trinajstić information content (AvgIpc) is 3.87. The minimum Gasteiger partial charge on any atom is -0.309 e. The largest absolute Gasteiger partial charge is 0.309 e. The van der Waals surface area contributed by atoms with Crippen molar-refractivity contribution in [1.82, 2.24) is 24.1 Å². The van der Waals surface area contributed by atoms with Crippen LogP contribution in [0.25, 0.3) is 111 Å². The SMILES string of the molecule is Cc1cccc(-c2nc(-c3cccc(C)c3)nc(-c3cccc(-c4cccc5c4c4ccccc4n5-c4ccc(-c5ccc6c7ccccc7n(-c7ccccc7)c6c5)cc4)c3)n2)c1. The number of fused-ring (bicyclic) bond motifs is 6. The van der Waals surface area contributed by atoms with Gasteiger partial charge in [-0.3, -0.25) is 0 Å². The molecule has 9 aromatic carbocycles. The van der Waals surface area contributed by atoms with Gasteiger partial charge in [0.15, 0.2) is 17.5 Å². The maximum atomic E-state index is 5.10. The fraction of sp³-hybridized carbons (Fsp3) is 0.0339. The zero-order chi connectivity index (χ0) is 42.7. The number of hydrogen-bond donors (Lipinski definition) is 0. The second kappa shape index (κ2) is 15.2. The Morgan fingerprint density at radius 1 is 0.297 bits per heavy atom. The van der Waals surface area contributed by atoms with Gasteiger partial charge in [-0.2, -0.15) is 0 Å². The molecule has 0 atom stereocenters. The molecule has 3 aromatic heterocycles. The predicted molar refractivity (Wildman–Crippen MR) is 265 cm³/mol. The van der Waals surface area contributed by atoms with Crippen LogP contribution in [0.5, 0.6) is 0 Å². The van der Waals surface area contributed by atoms with Crippen molar-refractivity contribution in [3.63, 3.8) is 0 Å². The van der Waals surface area contributed by atoms with E-state index in [1.807, 2.05) is 0 Å². The summed E-state index contributed by atoms with van der Waals surface area (Å²) in [5, 5.41) is 4.91. The summed E-state index contributed by atoms with van der Waals surface area (Å²) >= 11 is 0. The van der Waals surface area contributed by atoms with E-state index in [9.17, 15) is 0 Å². The molecule has 0 aliphatic carbocycles. The molecule has 64 heavy (non-hydrogen) atoms. The van der Waals surface area contributed by atoms with Crippen molar-refractivity contribution < 1.29 is 0 Å². The number of aryl methyl sites for hydroxylation is 2. The Kier molecular flexibility index (Phi) is 8.87. The van der Waals surface area contributed by atoms with Crippen LogP contribution in [-0.2, 0) is 0 Å². The molecule has 0 radical (unpaired) electrons. The van der Waals surface area contributed by atoms with E-state index >= 15 is 0 Å². The third-order valence-corrected chi connectivity index (χ3v) is 12.5.